The van der Waals surface area contributed by atoms with E-state index in [0.29, 0.717) is 5.69 Å². The summed E-state index contributed by atoms with van der Waals surface area (Å²) >= 11 is 5.82. The summed E-state index contributed by atoms with van der Waals surface area (Å²) in [5.41, 5.74) is 1.85. The molecule has 1 N–H and O–H groups in total. The van der Waals surface area contributed by atoms with Gasteiger partial charge in [-0.1, -0.05) is 30.7 Å². The van der Waals surface area contributed by atoms with Gasteiger partial charge in [0.2, 0.25) is 0 Å². The van der Waals surface area contributed by atoms with Crippen molar-refractivity contribution in [3.8, 4) is 5.75 Å². The standard InChI is InChI=1S/C16H15ClFNO2/c1-2-11-4-3-5-13(8-11)19-16(20)10-21-15-7-6-12(18)9-14(15)17/h3-9H,2,10H2,1H3,(H,19,20). The van der Waals surface area contributed by atoms with Crippen LogP contribution in [0.25, 0.3) is 0 Å². The normalized spacial score (nSPS) is 10.2. The van der Waals surface area contributed by atoms with Crippen LogP contribution in [0.2, 0.25) is 5.02 Å². The van der Waals surface area contributed by atoms with Gasteiger partial charge < -0.3 is 10.1 Å². The topological polar surface area (TPSA) is 38.3 Å². The van der Waals surface area contributed by atoms with Gasteiger partial charge in [-0.25, -0.2) is 4.39 Å². The van der Waals surface area contributed by atoms with Gasteiger partial charge in [-0.3, -0.25) is 4.79 Å². The lowest BCUT2D eigenvalue weighted by atomic mass is 10.1. The number of amides is 1. The maximum atomic E-state index is 12.9. The van der Waals surface area contributed by atoms with Crippen molar-refractivity contribution in [2.24, 2.45) is 0 Å². The summed E-state index contributed by atoms with van der Waals surface area (Å²) in [6.07, 6.45) is 0.894. The molecule has 1 amide bonds. The van der Waals surface area contributed by atoms with Gasteiger partial charge in [0, 0.05) is 5.69 Å². The molecule has 3 nitrogen and oxygen atoms in total. The molecule has 0 saturated heterocycles. The van der Waals surface area contributed by atoms with Crippen LogP contribution in [-0.2, 0) is 11.2 Å². The zero-order valence-corrected chi connectivity index (χ0v) is 12.3. The van der Waals surface area contributed by atoms with E-state index in [9.17, 15) is 9.18 Å². The molecule has 0 aliphatic rings. The fourth-order valence-corrected chi connectivity index (χ4v) is 2.02. The lowest BCUT2D eigenvalue weighted by molar-refractivity contribution is -0.118. The molecular weight excluding hydrogens is 293 g/mol. The first-order chi connectivity index (χ1) is 10.1. The van der Waals surface area contributed by atoms with Crippen LogP contribution in [0.15, 0.2) is 42.5 Å². The first-order valence-corrected chi connectivity index (χ1v) is 6.93. The van der Waals surface area contributed by atoms with Gasteiger partial charge in [0.25, 0.3) is 5.91 Å². The molecule has 0 bridgehead atoms. The van der Waals surface area contributed by atoms with Gasteiger partial charge in [0.1, 0.15) is 11.6 Å². The number of anilines is 1. The predicted molar refractivity (Wildman–Crippen MR) is 81.4 cm³/mol. The maximum Gasteiger partial charge on any atom is 0.262 e. The third kappa shape index (κ3) is 4.46. The number of ether oxygens (including phenoxy) is 1. The average Bonchev–Trinajstić information content (AvgIpc) is 2.46. The van der Waals surface area contributed by atoms with Crippen LogP contribution in [0, 0.1) is 5.82 Å². The number of carbonyl (C=O) groups is 1. The third-order valence-corrected chi connectivity index (χ3v) is 3.17. The van der Waals surface area contributed by atoms with E-state index in [-0.39, 0.29) is 23.3 Å². The molecule has 21 heavy (non-hydrogen) atoms. The first kappa shape index (κ1) is 15.3. The Balaban J connectivity index is 1.92. The Kier molecular flexibility index (Phi) is 5.17. The monoisotopic (exact) mass is 307 g/mol. The minimum Gasteiger partial charge on any atom is -0.482 e. The Morgan fingerprint density at radius 2 is 2.10 bits per heavy atom. The van der Waals surface area contributed by atoms with E-state index < -0.39 is 5.82 Å². The molecule has 5 heteroatoms. The van der Waals surface area contributed by atoms with Crippen LogP contribution >= 0.6 is 11.6 Å². The summed E-state index contributed by atoms with van der Waals surface area (Å²) < 4.78 is 18.2. The maximum absolute atomic E-state index is 12.9. The van der Waals surface area contributed by atoms with E-state index >= 15 is 0 Å². The summed E-state index contributed by atoms with van der Waals surface area (Å²) in [5, 5.41) is 2.87. The highest BCUT2D eigenvalue weighted by Crippen LogP contribution is 2.24. The summed E-state index contributed by atoms with van der Waals surface area (Å²) in [5.74, 6) is -0.479. The summed E-state index contributed by atoms with van der Waals surface area (Å²) in [6.45, 7) is 1.85. The van der Waals surface area contributed by atoms with Crippen molar-refractivity contribution in [2.75, 3.05) is 11.9 Å². The van der Waals surface area contributed by atoms with E-state index in [1.54, 1.807) is 0 Å². The number of rotatable bonds is 5. The van der Waals surface area contributed by atoms with Crippen LogP contribution in [0.5, 0.6) is 5.75 Å². The molecule has 0 saturated carbocycles. The Morgan fingerprint density at radius 1 is 1.29 bits per heavy atom. The van der Waals surface area contributed by atoms with Gasteiger partial charge in [0.15, 0.2) is 6.61 Å². The molecule has 0 aliphatic heterocycles. The van der Waals surface area contributed by atoms with Crippen LogP contribution in [0.1, 0.15) is 12.5 Å². The number of nitrogens with one attached hydrogen (secondary N) is 1. The highest BCUT2D eigenvalue weighted by molar-refractivity contribution is 6.32. The number of carbonyl (C=O) groups excluding carboxylic acids is 1. The van der Waals surface area contributed by atoms with Crippen molar-refractivity contribution in [2.45, 2.75) is 13.3 Å². The fourth-order valence-electron chi connectivity index (χ4n) is 1.80. The van der Waals surface area contributed by atoms with E-state index in [1.807, 2.05) is 31.2 Å². The first-order valence-electron chi connectivity index (χ1n) is 6.55. The van der Waals surface area contributed by atoms with E-state index in [1.165, 1.54) is 12.1 Å². The predicted octanol–water partition coefficient (Wildman–Crippen LogP) is 4.06. The summed E-state index contributed by atoms with van der Waals surface area (Å²) in [4.78, 5) is 11.8. The van der Waals surface area contributed by atoms with E-state index in [2.05, 4.69) is 5.32 Å². The highest BCUT2D eigenvalue weighted by atomic mass is 35.5. The number of hydrogen-bond donors (Lipinski definition) is 1. The Morgan fingerprint density at radius 3 is 2.81 bits per heavy atom. The molecule has 0 spiro atoms. The van der Waals surface area contributed by atoms with Crippen molar-refractivity contribution in [1.82, 2.24) is 0 Å². The lowest BCUT2D eigenvalue weighted by Crippen LogP contribution is -2.20. The molecule has 2 aromatic rings. The van der Waals surface area contributed by atoms with Gasteiger partial charge in [-0.05, 0) is 42.3 Å². The lowest BCUT2D eigenvalue weighted by Gasteiger charge is -2.09. The zero-order chi connectivity index (χ0) is 15.2. The van der Waals surface area contributed by atoms with Crippen LogP contribution < -0.4 is 10.1 Å². The molecular formula is C16H15ClFNO2. The van der Waals surface area contributed by atoms with Crippen molar-refractivity contribution in [3.63, 3.8) is 0 Å². The van der Waals surface area contributed by atoms with E-state index in [0.717, 1.165) is 18.1 Å². The molecule has 0 radical (unpaired) electrons. The Labute approximate surface area is 127 Å². The summed E-state index contributed by atoms with van der Waals surface area (Å²) in [6, 6.07) is 11.3. The molecule has 2 rings (SSSR count). The second-order valence-corrected chi connectivity index (χ2v) is 4.87. The van der Waals surface area contributed by atoms with Crippen molar-refractivity contribution in [3.05, 3.63) is 58.9 Å². The smallest absolute Gasteiger partial charge is 0.262 e. The number of hydrogen-bond acceptors (Lipinski definition) is 2. The highest BCUT2D eigenvalue weighted by Gasteiger charge is 2.07. The van der Waals surface area contributed by atoms with Gasteiger partial charge in [-0.15, -0.1) is 0 Å². The molecule has 0 unspecified atom stereocenters. The van der Waals surface area contributed by atoms with Crippen molar-refractivity contribution >= 4 is 23.2 Å². The Bertz CT molecular complexity index is 646. The molecule has 2 aromatic carbocycles. The van der Waals surface area contributed by atoms with Gasteiger partial charge >= 0.3 is 0 Å². The van der Waals surface area contributed by atoms with Gasteiger partial charge in [0.05, 0.1) is 5.02 Å². The molecule has 110 valence electrons. The molecule has 0 fully saturated rings. The minimum atomic E-state index is -0.451. The van der Waals surface area contributed by atoms with E-state index in [4.69, 9.17) is 16.3 Å². The Hall–Kier alpha value is -2.07. The van der Waals surface area contributed by atoms with Crippen molar-refractivity contribution < 1.29 is 13.9 Å². The second-order valence-electron chi connectivity index (χ2n) is 4.47. The quantitative estimate of drug-likeness (QED) is 0.904. The minimum absolute atomic E-state index is 0.135. The number of halogens is 2. The molecule has 0 atom stereocenters. The number of aryl methyl sites for hydroxylation is 1. The fraction of sp³-hybridized carbons (Fsp3) is 0.188. The molecule has 0 heterocycles. The SMILES string of the molecule is CCc1cccc(NC(=O)COc2ccc(F)cc2Cl)c1. The van der Waals surface area contributed by atoms with Crippen molar-refractivity contribution in [1.29, 1.82) is 0 Å². The third-order valence-electron chi connectivity index (χ3n) is 2.87. The largest absolute Gasteiger partial charge is 0.482 e. The zero-order valence-electron chi connectivity index (χ0n) is 11.5. The average molecular weight is 308 g/mol. The number of benzene rings is 2. The van der Waals surface area contributed by atoms with Crippen LogP contribution in [0.4, 0.5) is 10.1 Å². The van der Waals surface area contributed by atoms with Crippen LogP contribution in [-0.4, -0.2) is 12.5 Å². The molecule has 0 aromatic heterocycles. The van der Waals surface area contributed by atoms with Crippen LogP contribution in [0.3, 0.4) is 0 Å². The second kappa shape index (κ2) is 7.09. The molecule has 0 aliphatic carbocycles. The van der Waals surface area contributed by atoms with Gasteiger partial charge in [-0.2, -0.15) is 0 Å². The summed E-state index contributed by atoms with van der Waals surface area (Å²) in [7, 11) is 0.